The quantitative estimate of drug-likeness (QED) is 0.422. The second-order valence-corrected chi connectivity index (χ2v) is 5.96. The first-order valence-corrected chi connectivity index (χ1v) is 7.90. The summed E-state index contributed by atoms with van der Waals surface area (Å²) >= 11 is 0. The van der Waals surface area contributed by atoms with Crippen LogP contribution in [0, 0.1) is 19.8 Å². The fourth-order valence-corrected chi connectivity index (χ4v) is 2.16. The lowest BCUT2D eigenvalue weighted by Crippen LogP contribution is -2.44. The van der Waals surface area contributed by atoms with E-state index in [2.05, 4.69) is 62.3 Å². The van der Waals surface area contributed by atoms with Gasteiger partial charge in [-0.2, -0.15) is 5.10 Å². The van der Waals surface area contributed by atoms with Crippen LogP contribution in [0.15, 0.2) is 4.99 Å². The summed E-state index contributed by atoms with van der Waals surface area (Å²) in [6.07, 6.45) is 0.929. The van der Waals surface area contributed by atoms with Crippen LogP contribution >= 0.6 is 24.0 Å². The van der Waals surface area contributed by atoms with Gasteiger partial charge in [-0.3, -0.25) is 9.67 Å². The zero-order valence-electron chi connectivity index (χ0n) is 15.0. The Morgan fingerprint density at radius 1 is 1.27 bits per heavy atom. The third-order valence-electron chi connectivity index (χ3n) is 4.00. The number of aryl methyl sites for hydroxylation is 2. The van der Waals surface area contributed by atoms with Crippen molar-refractivity contribution in [1.82, 2.24) is 20.4 Å². The Bertz CT molecular complexity index is 479. The Labute approximate surface area is 152 Å². The number of nitrogens with one attached hydrogen (secondary N) is 2. The fraction of sp³-hybridized carbons (Fsp3) is 0.750. The molecule has 6 heteroatoms. The summed E-state index contributed by atoms with van der Waals surface area (Å²) < 4.78 is 1.94. The molecule has 0 aliphatic rings. The van der Waals surface area contributed by atoms with E-state index in [4.69, 9.17) is 0 Å². The van der Waals surface area contributed by atoms with E-state index in [1.807, 2.05) is 11.7 Å². The molecule has 0 aliphatic carbocycles. The normalized spacial score (nSPS) is 13.0. The number of halogens is 1. The van der Waals surface area contributed by atoms with E-state index in [1.54, 1.807) is 0 Å². The Morgan fingerprint density at radius 2 is 1.91 bits per heavy atom. The van der Waals surface area contributed by atoms with Crippen molar-refractivity contribution in [3.05, 3.63) is 17.0 Å². The zero-order chi connectivity index (χ0) is 16.0. The minimum absolute atomic E-state index is 0. The molecule has 0 fully saturated rings. The highest BCUT2D eigenvalue weighted by atomic mass is 127. The minimum atomic E-state index is 0. The van der Waals surface area contributed by atoms with Gasteiger partial charge in [0.15, 0.2) is 5.96 Å². The lowest BCUT2D eigenvalue weighted by molar-refractivity contribution is 0.481. The van der Waals surface area contributed by atoms with Crippen molar-refractivity contribution in [1.29, 1.82) is 0 Å². The fourth-order valence-electron chi connectivity index (χ4n) is 2.16. The largest absolute Gasteiger partial charge is 0.357 e. The predicted octanol–water partition coefficient (Wildman–Crippen LogP) is 2.80. The monoisotopic (exact) mass is 421 g/mol. The highest BCUT2D eigenvalue weighted by Crippen LogP contribution is 2.12. The van der Waals surface area contributed by atoms with Crippen molar-refractivity contribution in [2.24, 2.45) is 18.0 Å². The standard InChI is InChI=1S/C16H31N5.HI/c1-8-17-16(19-12(4)11(2)3)18-10-9-15-13(5)20-21(7)14(15)6;/h11-12H,8-10H2,1-7H3,(H2,17,18,19);1H. The van der Waals surface area contributed by atoms with E-state index in [1.165, 1.54) is 11.3 Å². The van der Waals surface area contributed by atoms with Gasteiger partial charge in [0.2, 0.25) is 0 Å². The molecule has 2 N–H and O–H groups in total. The lowest BCUT2D eigenvalue weighted by Gasteiger charge is -2.20. The van der Waals surface area contributed by atoms with Gasteiger partial charge in [-0.25, -0.2) is 0 Å². The number of hydrogen-bond acceptors (Lipinski definition) is 2. The van der Waals surface area contributed by atoms with Crippen LogP contribution in [0.5, 0.6) is 0 Å². The Hall–Kier alpha value is -0.790. The molecule has 1 rings (SSSR count). The number of aliphatic imine (C=N–C) groups is 1. The summed E-state index contributed by atoms with van der Waals surface area (Å²) in [5.41, 5.74) is 3.66. The van der Waals surface area contributed by atoms with Crippen LogP contribution in [0.1, 0.15) is 44.6 Å². The van der Waals surface area contributed by atoms with Gasteiger partial charge >= 0.3 is 0 Å². The lowest BCUT2D eigenvalue weighted by atomic mass is 10.1. The molecule has 1 aromatic heterocycles. The first-order chi connectivity index (χ1) is 9.86. The number of nitrogens with zero attached hydrogens (tertiary/aromatic N) is 3. The van der Waals surface area contributed by atoms with Gasteiger partial charge in [0.05, 0.1) is 5.69 Å². The number of guanidine groups is 1. The third kappa shape index (κ3) is 6.14. The number of hydrogen-bond donors (Lipinski definition) is 2. The van der Waals surface area contributed by atoms with E-state index in [9.17, 15) is 0 Å². The topological polar surface area (TPSA) is 54.2 Å². The molecular formula is C16H32IN5. The maximum Gasteiger partial charge on any atom is 0.191 e. The highest BCUT2D eigenvalue weighted by Gasteiger charge is 2.10. The molecule has 1 aromatic rings. The van der Waals surface area contributed by atoms with Crippen molar-refractivity contribution in [3.8, 4) is 0 Å². The first-order valence-electron chi connectivity index (χ1n) is 7.90. The van der Waals surface area contributed by atoms with Crippen molar-refractivity contribution in [2.45, 2.75) is 54.0 Å². The summed E-state index contributed by atoms with van der Waals surface area (Å²) in [4.78, 5) is 4.68. The molecule has 5 nitrogen and oxygen atoms in total. The number of rotatable bonds is 6. The molecule has 1 heterocycles. The van der Waals surface area contributed by atoms with Gasteiger partial charge in [0.25, 0.3) is 0 Å². The van der Waals surface area contributed by atoms with Gasteiger partial charge in [-0.15, -0.1) is 24.0 Å². The van der Waals surface area contributed by atoms with Crippen LogP contribution in [0.25, 0.3) is 0 Å². The number of aromatic nitrogens is 2. The SMILES string of the molecule is CCNC(=NCCc1c(C)nn(C)c1C)NC(C)C(C)C.I. The van der Waals surface area contributed by atoms with Gasteiger partial charge in [-0.1, -0.05) is 13.8 Å². The molecule has 0 aromatic carbocycles. The summed E-state index contributed by atoms with van der Waals surface area (Å²) in [6, 6.07) is 0.407. The molecule has 0 spiro atoms. The third-order valence-corrected chi connectivity index (χ3v) is 4.00. The summed E-state index contributed by atoms with van der Waals surface area (Å²) in [7, 11) is 1.99. The van der Waals surface area contributed by atoms with Crippen molar-refractivity contribution >= 4 is 29.9 Å². The average molecular weight is 421 g/mol. The van der Waals surface area contributed by atoms with Crippen LogP contribution in [-0.2, 0) is 13.5 Å². The summed E-state index contributed by atoms with van der Waals surface area (Å²) in [6.45, 7) is 14.5. The summed E-state index contributed by atoms with van der Waals surface area (Å²) in [5, 5.41) is 11.2. The molecule has 1 unspecified atom stereocenters. The van der Waals surface area contributed by atoms with E-state index in [0.717, 1.165) is 31.2 Å². The molecule has 128 valence electrons. The molecule has 0 saturated carbocycles. The van der Waals surface area contributed by atoms with Crippen molar-refractivity contribution in [3.63, 3.8) is 0 Å². The molecule has 0 saturated heterocycles. The van der Waals surface area contributed by atoms with E-state index in [0.29, 0.717) is 12.0 Å². The van der Waals surface area contributed by atoms with Gasteiger partial charge in [0.1, 0.15) is 0 Å². The first kappa shape index (κ1) is 21.2. The van der Waals surface area contributed by atoms with Crippen LogP contribution < -0.4 is 10.6 Å². The second kappa shape index (κ2) is 10.1. The highest BCUT2D eigenvalue weighted by molar-refractivity contribution is 14.0. The molecule has 0 amide bonds. The Balaban J connectivity index is 0.00000441. The Kier molecular flexibility index (Phi) is 9.71. The second-order valence-electron chi connectivity index (χ2n) is 5.96. The van der Waals surface area contributed by atoms with E-state index >= 15 is 0 Å². The maximum atomic E-state index is 4.68. The predicted molar refractivity (Wildman–Crippen MR) is 105 cm³/mol. The molecule has 1 atom stereocenters. The summed E-state index contributed by atoms with van der Waals surface area (Å²) in [5.74, 6) is 1.48. The minimum Gasteiger partial charge on any atom is -0.357 e. The van der Waals surface area contributed by atoms with Gasteiger partial charge in [0, 0.05) is 31.9 Å². The smallest absolute Gasteiger partial charge is 0.191 e. The molecule has 0 bridgehead atoms. The van der Waals surface area contributed by atoms with Crippen LogP contribution in [0.3, 0.4) is 0 Å². The van der Waals surface area contributed by atoms with Crippen LogP contribution in [0.4, 0.5) is 0 Å². The van der Waals surface area contributed by atoms with Gasteiger partial charge in [-0.05, 0) is 45.6 Å². The average Bonchev–Trinajstić information content (AvgIpc) is 2.65. The molecular weight excluding hydrogens is 389 g/mol. The van der Waals surface area contributed by atoms with E-state index < -0.39 is 0 Å². The van der Waals surface area contributed by atoms with Crippen molar-refractivity contribution in [2.75, 3.05) is 13.1 Å². The van der Waals surface area contributed by atoms with Crippen LogP contribution in [-0.4, -0.2) is 34.9 Å². The van der Waals surface area contributed by atoms with E-state index in [-0.39, 0.29) is 24.0 Å². The molecule has 0 radical (unpaired) electrons. The van der Waals surface area contributed by atoms with Crippen LogP contribution in [0.2, 0.25) is 0 Å². The van der Waals surface area contributed by atoms with Gasteiger partial charge < -0.3 is 10.6 Å². The molecule has 0 aliphatic heterocycles. The zero-order valence-corrected chi connectivity index (χ0v) is 17.4. The Morgan fingerprint density at radius 3 is 2.36 bits per heavy atom. The maximum absolute atomic E-state index is 4.68. The molecule has 22 heavy (non-hydrogen) atoms. The van der Waals surface area contributed by atoms with Crippen molar-refractivity contribution < 1.29 is 0 Å².